The van der Waals surface area contributed by atoms with E-state index in [9.17, 15) is 10.1 Å². The second-order valence-corrected chi connectivity index (χ2v) is 11.4. The van der Waals surface area contributed by atoms with Crippen LogP contribution >= 0.6 is 11.3 Å². The first-order chi connectivity index (χ1) is 19.2. The molecule has 2 aromatic heterocycles. The van der Waals surface area contributed by atoms with Gasteiger partial charge in [0, 0.05) is 48.9 Å². The van der Waals surface area contributed by atoms with E-state index in [1.165, 1.54) is 16.0 Å². The van der Waals surface area contributed by atoms with Crippen LogP contribution in [0.25, 0.3) is 10.2 Å². The van der Waals surface area contributed by atoms with Crippen molar-refractivity contribution < 1.29 is 4.79 Å². The summed E-state index contributed by atoms with van der Waals surface area (Å²) in [7, 11) is 0. The number of para-hydroxylation sites is 1. The lowest BCUT2D eigenvalue weighted by molar-refractivity contribution is -0.136. The van der Waals surface area contributed by atoms with Crippen molar-refractivity contribution in [2.45, 2.75) is 25.8 Å². The average Bonchev–Trinajstić information content (AvgIpc) is 3.61. The Morgan fingerprint density at radius 1 is 1.10 bits per heavy atom. The van der Waals surface area contributed by atoms with Crippen LogP contribution in [0.1, 0.15) is 33.6 Å². The number of hydrogen-bond donors (Lipinski definition) is 1. The summed E-state index contributed by atoms with van der Waals surface area (Å²) in [6.45, 7) is 3.59. The minimum absolute atomic E-state index is 0.0103. The highest BCUT2D eigenvalue weighted by Crippen LogP contribution is 2.41. The van der Waals surface area contributed by atoms with Crippen molar-refractivity contribution >= 4 is 50.9 Å². The molecule has 7 rings (SSSR count). The Morgan fingerprint density at radius 2 is 1.97 bits per heavy atom. The van der Waals surface area contributed by atoms with E-state index in [1.54, 1.807) is 17.7 Å². The number of nitrogens with one attached hydrogen (secondary N) is 1. The zero-order valence-electron chi connectivity index (χ0n) is 21.4. The molecular weight excluding hydrogens is 506 g/mol. The van der Waals surface area contributed by atoms with E-state index < -0.39 is 0 Å². The minimum atomic E-state index is -0.0103. The standard InChI is InChI=1S/C30H27N7OS/c31-15-20-3-1-2-4-25(20)36-9-11-37(12-10-36)30(38)19-6-8-24-26(14-19)39-29-27(24)28(33-18-34-29)35-23-7-5-21-16-32-17-22(21)13-23/h1-5,7,13,17-19H,6,8-12,14,16H2,(H,33,34,35). The number of benzene rings is 2. The van der Waals surface area contributed by atoms with Crippen LogP contribution in [0.3, 0.4) is 0 Å². The molecular formula is C30H27N7OS. The lowest BCUT2D eigenvalue weighted by atomic mass is 9.86. The molecule has 1 amide bonds. The Balaban J connectivity index is 1.06. The number of aliphatic imine (C=N–C) groups is 1. The smallest absolute Gasteiger partial charge is 0.226 e. The van der Waals surface area contributed by atoms with Crippen molar-refractivity contribution in [2.24, 2.45) is 10.9 Å². The lowest BCUT2D eigenvalue weighted by Gasteiger charge is -2.38. The summed E-state index contributed by atoms with van der Waals surface area (Å²) in [4.78, 5) is 33.5. The first kappa shape index (κ1) is 23.8. The Labute approximate surface area is 230 Å². The van der Waals surface area contributed by atoms with Gasteiger partial charge in [-0.05, 0) is 60.2 Å². The van der Waals surface area contributed by atoms with Crippen molar-refractivity contribution in [1.29, 1.82) is 5.26 Å². The fourth-order valence-electron chi connectivity index (χ4n) is 6.00. The maximum atomic E-state index is 13.6. The summed E-state index contributed by atoms with van der Waals surface area (Å²) in [5.74, 6) is 1.06. The molecule has 9 heteroatoms. The highest BCUT2D eigenvalue weighted by atomic mass is 32.1. The van der Waals surface area contributed by atoms with E-state index in [4.69, 9.17) is 0 Å². The summed E-state index contributed by atoms with van der Waals surface area (Å²) >= 11 is 1.69. The van der Waals surface area contributed by atoms with Gasteiger partial charge in [-0.1, -0.05) is 18.2 Å². The molecule has 194 valence electrons. The zero-order valence-corrected chi connectivity index (χ0v) is 22.2. The SMILES string of the molecule is N#Cc1ccccc1N1CCN(C(=O)C2CCc3c(sc4ncnc(Nc5ccc6c(c5)C=NC6)c34)C2)CC1. The predicted octanol–water partition coefficient (Wildman–Crippen LogP) is 4.69. The Hall–Kier alpha value is -4.29. The average molecular weight is 534 g/mol. The van der Waals surface area contributed by atoms with E-state index in [0.29, 0.717) is 18.7 Å². The van der Waals surface area contributed by atoms with E-state index in [2.05, 4.69) is 49.4 Å². The first-order valence-corrected chi connectivity index (χ1v) is 14.2. The molecule has 1 fully saturated rings. The molecule has 0 spiro atoms. The maximum Gasteiger partial charge on any atom is 0.226 e. The molecule has 4 heterocycles. The number of amides is 1. The van der Waals surface area contributed by atoms with Gasteiger partial charge in [0.25, 0.3) is 0 Å². The molecule has 1 aliphatic carbocycles. The molecule has 1 N–H and O–H groups in total. The number of nitriles is 1. The van der Waals surface area contributed by atoms with Crippen molar-refractivity contribution in [1.82, 2.24) is 14.9 Å². The number of rotatable bonds is 4. The fraction of sp³-hybridized carbons (Fsp3) is 0.300. The van der Waals surface area contributed by atoms with Crippen molar-refractivity contribution in [3.05, 3.63) is 75.9 Å². The third kappa shape index (κ3) is 4.31. The largest absolute Gasteiger partial charge is 0.367 e. The van der Waals surface area contributed by atoms with Crippen LogP contribution in [0.5, 0.6) is 0 Å². The first-order valence-electron chi connectivity index (χ1n) is 13.4. The highest BCUT2D eigenvalue weighted by molar-refractivity contribution is 7.19. The molecule has 4 aromatic rings. The molecule has 0 saturated carbocycles. The van der Waals surface area contributed by atoms with Crippen LogP contribution in [0.2, 0.25) is 0 Å². The number of anilines is 3. The Kier molecular flexibility index (Phi) is 5.97. The predicted molar refractivity (Wildman–Crippen MR) is 154 cm³/mol. The molecule has 1 atom stereocenters. The maximum absolute atomic E-state index is 13.6. The zero-order chi connectivity index (χ0) is 26.3. The molecule has 0 bridgehead atoms. The number of carbonyl (C=O) groups excluding carboxylic acids is 1. The van der Waals surface area contributed by atoms with Crippen molar-refractivity contribution in [3.8, 4) is 6.07 Å². The van der Waals surface area contributed by atoms with Gasteiger partial charge < -0.3 is 15.1 Å². The molecule has 8 nitrogen and oxygen atoms in total. The molecule has 2 aliphatic heterocycles. The van der Waals surface area contributed by atoms with E-state index in [-0.39, 0.29) is 11.8 Å². The van der Waals surface area contributed by atoms with Gasteiger partial charge in [0.2, 0.25) is 5.91 Å². The molecule has 0 radical (unpaired) electrons. The molecule has 3 aliphatic rings. The van der Waals surface area contributed by atoms with Crippen LogP contribution in [-0.2, 0) is 24.2 Å². The number of nitrogens with zero attached hydrogens (tertiary/aromatic N) is 6. The third-order valence-electron chi connectivity index (χ3n) is 8.05. The van der Waals surface area contributed by atoms with Gasteiger partial charge in [-0.15, -0.1) is 11.3 Å². The fourth-order valence-corrected chi connectivity index (χ4v) is 7.27. The van der Waals surface area contributed by atoms with Gasteiger partial charge in [0.15, 0.2) is 0 Å². The highest BCUT2D eigenvalue weighted by Gasteiger charge is 2.33. The second-order valence-electron chi connectivity index (χ2n) is 10.3. The van der Waals surface area contributed by atoms with E-state index in [0.717, 1.165) is 71.9 Å². The molecule has 2 aromatic carbocycles. The van der Waals surface area contributed by atoms with Crippen molar-refractivity contribution in [3.63, 3.8) is 0 Å². The Morgan fingerprint density at radius 3 is 2.85 bits per heavy atom. The molecule has 39 heavy (non-hydrogen) atoms. The van der Waals surface area contributed by atoms with Crippen molar-refractivity contribution in [2.75, 3.05) is 36.4 Å². The van der Waals surface area contributed by atoms with Crippen LogP contribution in [-0.4, -0.2) is 53.2 Å². The number of thiophene rings is 1. The summed E-state index contributed by atoms with van der Waals surface area (Å²) in [5, 5.41) is 14.1. The topological polar surface area (TPSA) is 97.5 Å². The van der Waals surface area contributed by atoms with Gasteiger partial charge in [0.1, 0.15) is 23.0 Å². The number of piperazine rings is 1. The van der Waals surface area contributed by atoms with E-state index in [1.807, 2.05) is 35.4 Å². The number of carbonyl (C=O) groups is 1. The Bertz CT molecular complexity index is 1660. The monoisotopic (exact) mass is 533 g/mol. The molecule has 1 saturated heterocycles. The number of aryl methyl sites for hydroxylation is 1. The van der Waals surface area contributed by atoms with Gasteiger partial charge in [-0.25, -0.2) is 9.97 Å². The van der Waals surface area contributed by atoms with Gasteiger partial charge >= 0.3 is 0 Å². The van der Waals surface area contributed by atoms with Crippen LogP contribution in [0, 0.1) is 17.2 Å². The summed E-state index contributed by atoms with van der Waals surface area (Å²) < 4.78 is 0. The van der Waals surface area contributed by atoms with Crippen LogP contribution in [0.4, 0.5) is 17.2 Å². The number of fused-ring (bicyclic) bond motifs is 4. The third-order valence-corrected chi connectivity index (χ3v) is 9.21. The van der Waals surface area contributed by atoms with Gasteiger partial charge in [-0.3, -0.25) is 9.79 Å². The normalized spacial score (nSPS) is 18.1. The van der Waals surface area contributed by atoms with E-state index >= 15 is 0 Å². The quantitative estimate of drug-likeness (QED) is 0.409. The van der Waals surface area contributed by atoms with Gasteiger partial charge in [0.05, 0.1) is 23.2 Å². The van der Waals surface area contributed by atoms with Crippen LogP contribution in [0.15, 0.2) is 53.8 Å². The summed E-state index contributed by atoms with van der Waals surface area (Å²) in [5.41, 5.74) is 6.30. The lowest BCUT2D eigenvalue weighted by Crippen LogP contribution is -2.51. The summed E-state index contributed by atoms with van der Waals surface area (Å²) in [6.07, 6.45) is 5.97. The summed E-state index contributed by atoms with van der Waals surface area (Å²) in [6, 6.07) is 16.3. The number of aromatic nitrogens is 2. The second kappa shape index (κ2) is 9.79. The van der Waals surface area contributed by atoms with Crippen LogP contribution < -0.4 is 10.2 Å². The minimum Gasteiger partial charge on any atom is -0.367 e. The number of hydrogen-bond acceptors (Lipinski definition) is 8. The molecule has 1 unspecified atom stereocenters. The van der Waals surface area contributed by atoms with Gasteiger partial charge in [-0.2, -0.15) is 5.26 Å².